The topological polar surface area (TPSA) is 159 Å². The number of imide groups is 4. The Labute approximate surface area is 278 Å². The number of aryl methyl sites for hydroxylation is 1. The Morgan fingerprint density at radius 1 is 1.00 bits per heavy atom. The first-order valence-corrected chi connectivity index (χ1v) is 16.0. The molecule has 3 aromatic rings. The number of nitrogens with zero attached hydrogens (tertiary/aromatic N) is 2. The first kappa shape index (κ1) is 30.7. The second-order valence-electron chi connectivity index (χ2n) is 12.5. The molecule has 6 amide bonds. The number of ether oxygens (including phenoxy) is 1. The highest BCUT2D eigenvalue weighted by Gasteiger charge is 2.71. The number of benzene rings is 3. The van der Waals surface area contributed by atoms with Crippen LogP contribution in [0.25, 0.3) is 0 Å². The van der Waals surface area contributed by atoms with Gasteiger partial charge < -0.3 is 15.6 Å². The number of rotatable bonds is 5. The van der Waals surface area contributed by atoms with Gasteiger partial charge >= 0.3 is 6.03 Å². The molecule has 2 heterocycles. The third-order valence-corrected chi connectivity index (χ3v) is 10.7. The Kier molecular flexibility index (Phi) is 7.23. The quantitative estimate of drug-likeness (QED) is 0.259. The van der Waals surface area contributed by atoms with Gasteiger partial charge in [-0.3, -0.25) is 24.6 Å². The Balaban J connectivity index is 1.49. The zero-order chi connectivity index (χ0) is 33.4. The second kappa shape index (κ2) is 11.1. The molecule has 4 N–H and O–H groups in total. The molecule has 1 saturated carbocycles. The number of amides is 6. The number of carbonyl (C=O) groups is 5. The number of fused-ring (bicyclic) bond motifs is 4. The summed E-state index contributed by atoms with van der Waals surface area (Å²) in [5, 5.41) is 12.8. The van der Waals surface area contributed by atoms with Gasteiger partial charge in [0.1, 0.15) is 0 Å². The van der Waals surface area contributed by atoms with Gasteiger partial charge in [0.25, 0.3) is 11.8 Å². The van der Waals surface area contributed by atoms with E-state index in [2.05, 4.69) is 21.4 Å². The Hall–Kier alpha value is -4.97. The molecule has 0 aromatic heterocycles. The van der Waals surface area contributed by atoms with Gasteiger partial charge in [-0.1, -0.05) is 75.6 Å². The summed E-state index contributed by atoms with van der Waals surface area (Å²) in [4.78, 5) is 69.5. The van der Waals surface area contributed by atoms with Crippen molar-refractivity contribution in [1.82, 2.24) is 9.91 Å². The van der Waals surface area contributed by atoms with Crippen molar-refractivity contribution in [3.8, 4) is 11.5 Å². The van der Waals surface area contributed by atoms with E-state index in [1.54, 1.807) is 48.5 Å². The monoisotopic (exact) mass is 698 g/mol. The normalized spacial score (nSPS) is 28.1. The van der Waals surface area contributed by atoms with E-state index in [9.17, 15) is 24.3 Å². The minimum Gasteiger partial charge on any atom is -0.504 e. The Morgan fingerprint density at radius 2 is 1.70 bits per heavy atom. The molecule has 11 nitrogen and oxygen atoms in total. The van der Waals surface area contributed by atoms with Crippen molar-refractivity contribution in [2.45, 2.75) is 31.1 Å². The Morgan fingerprint density at radius 3 is 2.36 bits per heavy atom. The number of carbonyl (C=O) groups excluding carboxylic acids is 5. The van der Waals surface area contributed by atoms with Crippen LogP contribution in [0.15, 0.2) is 82.9 Å². The average Bonchev–Trinajstić information content (AvgIpc) is 3.44. The van der Waals surface area contributed by atoms with E-state index in [4.69, 9.17) is 10.5 Å². The fraction of sp³-hybridized carbons (Fsp3) is 0.286. The van der Waals surface area contributed by atoms with Crippen molar-refractivity contribution in [3.63, 3.8) is 0 Å². The number of primary amides is 1. The van der Waals surface area contributed by atoms with E-state index >= 15 is 4.79 Å². The van der Waals surface area contributed by atoms with Crippen LogP contribution >= 0.6 is 15.9 Å². The smallest absolute Gasteiger partial charge is 0.328 e. The number of hydrogen-bond donors (Lipinski definition) is 3. The molecule has 3 fully saturated rings. The fourth-order valence-corrected chi connectivity index (χ4v) is 8.73. The number of phenols is 1. The number of phenolic OH excluding ortho intramolecular Hbond substituents is 1. The first-order valence-electron chi connectivity index (χ1n) is 15.2. The molecule has 4 aliphatic rings. The molecule has 7 rings (SSSR count). The van der Waals surface area contributed by atoms with Crippen LogP contribution in [-0.4, -0.2) is 51.8 Å². The van der Waals surface area contributed by atoms with Gasteiger partial charge in [-0.15, -0.1) is 0 Å². The summed E-state index contributed by atoms with van der Waals surface area (Å²) in [5.74, 6) is -7.10. The molecular weight excluding hydrogens is 668 g/mol. The summed E-state index contributed by atoms with van der Waals surface area (Å²) in [7, 11) is 1.41. The van der Waals surface area contributed by atoms with Crippen molar-refractivity contribution in [2.24, 2.45) is 29.4 Å². The highest BCUT2D eigenvalue weighted by molar-refractivity contribution is 9.10. The third kappa shape index (κ3) is 4.34. The van der Waals surface area contributed by atoms with Gasteiger partial charge in [-0.05, 0) is 55.5 Å². The summed E-state index contributed by atoms with van der Waals surface area (Å²) >= 11 is 3.52. The molecule has 0 radical (unpaired) electrons. The minimum atomic E-state index is -1.58. The lowest BCUT2D eigenvalue weighted by molar-refractivity contribution is -0.139. The fourth-order valence-electron chi connectivity index (χ4n) is 8.28. The molecule has 240 valence electrons. The van der Waals surface area contributed by atoms with Gasteiger partial charge in [0.15, 0.2) is 11.5 Å². The van der Waals surface area contributed by atoms with E-state index < -0.39 is 64.7 Å². The number of nitrogens with one attached hydrogen (secondary N) is 1. The molecule has 12 heteroatoms. The van der Waals surface area contributed by atoms with Crippen LogP contribution in [0.2, 0.25) is 0 Å². The molecule has 0 bridgehead atoms. The first-order chi connectivity index (χ1) is 22.5. The van der Waals surface area contributed by atoms with Gasteiger partial charge in [0, 0.05) is 16.0 Å². The highest BCUT2D eigenvalue weighted by atomic mass is 79.9. The summed E-state index contributed by atoms with van der Waals surface area (Å²) in [6.07, 6.45) is 1.97. The van der Waals surface area contributed by atoms with Gasteiger partial charge in [-0.25, -0.2) is 4.79 Å². The van der Waals surface area contributed by atoms with Gasteiger partial charge in [0.05, 0.1) is 36.0 Å². The summed E-state index contributed by atoms with van der Waals surface area (Å²) in [5.41, 5.74) is 9.92. The van der Waals surface area contributed by atoms with Crippen LogP contribution in [0.5, 0.6) is 11.5 Å². The lowest BCUT2D eigenvalue weighted by atomic mass is 9.49. The van der Waals surface area contributed by atoms with Crippen LogP contribution < -0.4 is 15.9 Å². The number of methoxy groups -OCH3 is 1. The predicted molar refractivity (Wildman–Crippen MR) is 173 cm³/mol. The van der Waals surface area contributed by atoms with Crippen molar-refractivity contribution in [3.05, 3.63) is 99.5 Å². The van der Waals surface area contributed by atoms with Crippen molar-refractivity contribution < 1.29 is 33.8 Å². The van der Waals surface area contributed by atoms with Crippen LogP contribution in [0.1, 0.15) is 35.4 Å². The van der Waals surface area contributed by atoms with E-state index in [1.165, 1.54) is 7.11 Å². The van der Waals surface area contributed by atoms with Crippen LogP contribution in [0.3, 0.4) is 0 Å². The number of hydrazine groups is 1. The standard InChI is InChI=1S/C35H31BrN4O7/c1-17-8-10-20(11-9-17)38-40-31(43)25-16-23-21(12-13-22-27(23)32(44)39(30(22)42)34(37)46)28(24-14-19(36)15-26(47-2)29(24)41)35(25,33(40)45)18-6-4-3-5-7-18/h3-12,14-15,22-23,25,27-28,38,41H,13,16H2,1-2H3,(H2,37,46). The molecule has 2 aliphatic heterocycles. The third-order valence-electron chi connectivity index (χ3n) is 10.2. The van der Waals surface area contributed by atoms with Crippen molar-refractivity contribution in [1.29, 1.82) is 0 Å². The maximum Gasteiger partial charge on any atom is 0.328 e. The number of urea groups is 1. The molecule has 47 heavy (non-hydrogen) atoms. The van der Waals surface area contributed by atoms with Gasteiger partial charge in [0.2, 0.25) is 11.8 Å². The molecule has 2 aliphatic carbocycles. The average molecular weight is 700 g/mol. The molecule has 2 saturated heterocycles. The SMILES string of the molecule is COc1cc(Br)cc(C2C3=CCC4C(=O)N(C(N)=O)C(=O)C4C3CC3C(=O)N(Nc4ccc(C)cc4)C(=O)C32c2ccccc2)c1O. The zero-order valence-corrected chi connectivity index (χ0v) is 27.1. The molecule has 6 atom stereocenters. The number of anilines is 1. The van der Waals surface area contributed by atoms with Crippen molar-refractivity contribution >= 4 is 51.3 Å². The minimum absolute atomic E-state index is 0.0343. The number of nitrogens with two attached hydrogens (primary N) is 1. The largest absolute Gasteiger partial charge is 0.504 e. The van der Waals surface area contributed by atoms with E-state index in [1.807, 2.05) is 31.2 Å². The number of aromatic hydroxyl groups is 1. The van der Waals surface area contributed by atoms with Crippen LogP contribution in [-0.2, 0) is 24.6 Å². The summed E-state index contributed by atoms with van der Waals surface area (Å²) < 4.78 is 6.06. The molecule has 6 unspecified atom stereocenters. The van der Waals surface area contributed by atoms with E-state index in [0.717, 1.165) is 10.6 Å². The van der Waals surface area contributed by atoms with Gasteiger partial charge in [-0.2, -0.15) is 9.91 Å². The number of hydrogen-bond acceptors (Lipinski definition) is 8. The number of likely N-dealkylation sites (tertiary alicyclic amines) is 1. The summed E-state index contributed by atoms with van der Waals surface area (Å²) in [6, 6.07) is 18.3. The highest BCUT2D eigenvalue weighted by Crippen LogP contribution is 2.65. The van der Waals surface area contributed by atoms with Crippen molar-refractivity contribution in [2.75, 3.05) is 12.5 Å². The lowest BCUT2D eigenvalue weighted by Gasteiger charge is -2.50. The predicted octanol–water partition coefficient (Wildman–Crippen LogP) is 4.54. The number of allylic oxidation sites excluding steroid dienone is 2. The zero-order valence-electron chi connectivity index (χ0n) is 25.5. The second-order valence-corrected chi connectivity index (χ2v) is 13.4. The number of halogens is 1. The molecule has 3 aromatic carbocycles. The van der Waals surface area contributed by atoms with E-state index in [0.29, 0.717) is 31.8 Å². The van der Waals surface area contributed by atoms with Crippen LogP contribution in [0, 0.1) is 30.6 Å². The maximum absolute atomic E-state index is 15.1. The molecule has 0 spiro atoms. The summed E-state index contributed by atoms with van der Waals surface area (Å²) in [6.45, 7) is 1.93. The maximum atomic E-state index is 15.1. The Bertz CT molecular complexity index is 1900. The van der Waals surface area contributed by atoms with E-state index in [-0.39, 0.29) is 24.3 Å². The molecular formula is C35H31BrN4O7. The lowest BCUT2D eigenvalue weighted by Crippen LogP contribution is -2.53. The van der Waals surface area contributed by atoms with Crippen LogP contribution in [0.4, 0.5) is 10.5 Å².